The third kappa shape index (κ3) is 4.18. The standard InChI is InChI=1S/C29H27N5O2/c1-19-15-22(20(2)34(19)24-6-8-25(36-3)9-7-24)16-23(17-30)29(35)33-13-10-21(11-14-33)27-18-32-28-26(27)5-4-12-31-28/h4-10,12,15-16,18H,11,13-14H2,1-3H3,(H,31,32)/b23-16+. The van der Waals surface area contributed by atoms with Gasteiger partial charge in [-0.1, -0.05) is 6.08 Å². The number of nitriles is 1. The normalized spacial score (nSPS) is 14.0. The maximum atomic E-state index is 13.3. The van der Waals surface area contributed by atoms with E-state index in [-0.39, 0.29) is 11.5 Å². The quantitative estimate of drug-likeness (QED) is 0.316. The predicted octanol–water partition coefficient (Wildman–Crippen LogP) is 5.20. The Morgan fingerprint density at radius 3 is 2.72 bits per heavy atom. The van der Waals surface area contributed by atoms with Crippen LogP contribution in [0.3, 0.4) is 0 Å². The first-order valence-corrected chi connectivity index (χ1v) is 11.9. The summed E-state index contributed by atoms with van der Waals surface area (Å²) in [5.41, 5.74) is 7.13. The summed E-state index contributed by atoms with van der Waals surface area (Å²) in [7, 11) is 1.64. The summed E-state index contributed by atoms with van der Waals surface area (Å²) in [4.78, 5) is 22.6. The third-order valence-electron chi connectivity index (χ3n) is 6.75. The van der Waals surface area contributed by atoms with E-state index in [1.165, 1.54) is 5.57 Å². The molecule has 0 saturated carbocycles. The average molecular weight is 478 g/mol. The van der Waals surface area contributed by atoms with Crippen molar-refractivity contribution in [2.45, 2.75) is 20.3 Å². The number of fused-ring (bicyclic) bond motifs is 1. The van der Waals surface area contributed by atoms with Crippen molar-refractivity contribution < 1.29 is 9.53 Å². The summed E-state index contributed by atoms with van der Waals surface area (Å²) in [6, 6.07) is 15.9. The molecule has 3 aromatic heterocycles. The Kier molecular flexibility index (Phi) is 6.17. The van der Waals surface area contributed by atoms with Gasteiger partial charge in [-0.2, -0.15) is 5.26 Å². The Morgan fingerprint density at radius 2 is 2.03 bits per heavy atom. The van der Waals surface area contributed by atoms with E-state index in [0.717, 1.165) is 51.4 Å². The zero-order valence-electron chi connectivity index (χ0n) is 20.6. The lowest BCUT2D eigenvalue weighted by molar-refractivity contribution is -0.126. The summed E-state index contributed by atoms with van der Waals surface area (Å²) in [5, 5.41) is 10.9. The zero-order valence-corrected chi connectivity index (χ0v) is 20.6. The molecule has 1 aliphatic heterocycles. The zero-order chi connectivity index (χ0) is 25.2. The summed E-state index contributed by atoms with van der Waals surface area (Å²) < 4.78 is 7.37. The molecule has 0 fully saturated rings. The number of rotatable bonds is 5. The summed E-state index contributed by atoms with van der Waals surface area (Å²) in [6.45, 7) is 5.03. The molecular weight excluding hydrogens is 450 g/mol. The molecule has 1 aliphatic rings. The first-order chi connectivity index (χ1) is 17.5. The third-order valence-corrected chi connectivity index (χ3v) is 6.75. The summed E-state index contributed by atoms with van der Waals surface area (Å²) >= 11 is 0. The molecule has 4 aromatic rings. The van der Waals surface area contributed by atoms with Gasteiger partial charge in [-0.05, 0) is 79.9 Å². The number of carbonyl (C=O) groups excluding carboxylic acids is 1. The van der Waals surface area contributed by atoms with Crippen LogP contribution in [0.15, 0.2) is 66.5 Å². The van der Waals surface area contributed by atoms with Crippen molar-refractivity contribution in [1.29, 1.82) is 5.26 Å². The van der Waals surface area contributed by atoms with Crippen LogP contribution < -0.4 is 4.74 Å². The number of carbonyl (C=O) groups is 1. The van der Waals surface area contributed by atoms with Crippen LogP contribution in [-0.2, 0) is 4.79 Å². The second-order valence-electron chi connectivity index (χ2n) is 8.86. The van der Waals surface area contributed by atoms with E-state index in [4.69, 9.17) is 4.74 Å². The first-order valence-electron chi connectivity index (χ1n) is 11.9. The number of pyridine rings is 1. The van der Waals surface area contributed by atoms with Crippen LogP contribution in [-0.4, -0.2) is 45.5 Å². The minimum atomic E-state index is -0.248. The SMILES string of the molecule is COc1ccc(-n2c(C)cc(/C=C(\C#N)C(=O)N3CC=C(c4c[nH]c5ncccc45)CC3)c2C)cc1. The molecule has 0 saturated heterocycles. The monoisotopic (exact) mass is 477 g/mol. The number of methoxy groups -OCH3 is 1. The lowest BCUT2D eigenvalue weighted by atomic mass is 9.99. The van der Waals surface area contributed by atoms with Gasteiger partial charge in [0.15, 0.2) is 0 Å². The maximum Gasteiger partial charge on any atom is 0.264 e. The van der Waals surface area contributed by atoms with Crippen molar-refractivity contribution in [1.82, 2.24) is 19.4 Å². The predicted molar refractivity (Wildman–Crippen MR) is 141 cm³/mol. The molecule has 1 aromatic carbocycles. The van der Waals surface area contributed by atoms with E-state index in [0.29, 0.717) is 13.1 Å². The van der Waals surface area contributed by atoms with Crippen LogP contribution in [0.2, 0.25) is 0 Å². The van der Waals surface area contributed by atoms with Gasteiger partial charge >= 0.3 is 0 Å². The van der Waals surface area contributed by atoms with Crippen LogP contribution in [0.5, 0.6) is 5.75 Å². The van der Waals surface area contributed by atoms with Crippen LogP contribution in [0.1, 0.15) is 28.9 Å². The number of hydrogen-bond acceptors (Lipinski definition) is 4. The minimum Gasteiger partial charge on any atom is -0.497 e. The number of nitrogens with zero attached hydrogens (tertiary/aromatic N) is 4. The van der Waals surface area contributed by atoms with Crippen LogP contribution >= 0.6 is 0 Å². The smallest absolute Gasteiger partial charge is 0.264 e. The number of H-pyrrole nitrogens is 1. The second kappa shape index (κ2) is 9.59. The van der Waals surface area contributed by atoms with Gasteiger partial charge in [0.05, 0.1) is 7.11 Å². The largest absolute Gasteiger partial charge is 0.497 e. The number of benzene rings is 1. The Labute approximate surface area is 209 Å². The van der Waals surface area contributed by atoms with Gasteiger partial charge in [0.25, 0.3) is 5.91 Å². The number of ether oxygens (including phenoxy) is 1. The van der Waals surface area contributed by atoms with Crippen molar-refractivity contribution in [3.05, 3.63) is 89.0 Å². The van der Waals surface area contributed by atoms with Gasteiger partial charge in [-0.25, -0.2) is 4.98 Å². The number of aryl methyl sites for hydroxylation is 1. The Bertz CT molecular complexity index is 1550. The molecule has 1 N–H and O–H groups in total. The first kappa shape index (κ1) is 23.2. The van der Waals surface area contributed by atoms with Gasteiger partial charge in [0, 0.05) is 53.5 Å². The molecule has 0 unspecified atom stereocenters. The van der Waals surface area contributed by atoms with Crippen molar-refractivity contribution >= 4 is 28.6 Å². The van der Waals surface area contributed by atoms with Gasteiger partial charge in [-0.3, -0.25) is 4.79 Å². The fourth-order valence-corrected chi connectivity index (χ4v) is 4.85. The van der Waals surface area contributed by atoms with Crippen LogP contribution in [0, 0.1) is 25.2 Å². The van der Waals surface area contributed by atoms with Crippen LogP contribution in [0.4, 0.5) is 0 Å². The van der Waals surface area contributed by atoms with Gasteiger partial charge in [-0.15, -0.1) is 0 Å². The Morgan fingerprint density at radius 1 is 1.22 bits per heavy atom. The van der Waals surface area contributed by atoms with E-state index >= 15 is 0 Å². The van der Waals surface area contributed by atoms with Crippen molar-refractivity contribution in [3.63, 3.8) is 0 Å². The molecule has 36 heavy (non-hydrogen) atoms. The van der Waals surface area contributed by atoms with E-state index in [9.17, 15) is 10.1 Å². The van der Waals surface area contributed by atoms with E-state index in [2.05, 4.69) is 26.7 Å². The number of hydrogen-bond donors (Lipinski definition) is 1. The van der Waals surface area contributed by atoms with Crippen molar-refractivity contribution in [2.75, 3.05) is 20.2 Å². The highest BCUT2D eigenvalue weighted by molar-refractivity contribution is 6.02. The minimum absolute atomic E-state index is 0.137. The highest BCUT2D eigenvalue weighted by Crippen LogP contribution is 2.29. The van der Waals surface area contributed by atoms with E-state index in [1.54, 1.807) is 24.3 Å². The number of aromatic amines is 1. The van der Waals surface area contributed by atoms with Gasteiger partial charge < -0.3 is 19.2 Å². The molecule has 4 heterocycles. The second-order valence-corrected chi connectivity index (χ2v) is 8.86. The van der Waals surface area contributed by atoms with E-state index < -0.39 is 0 Å². The van der Waals surface area contributed by atoms with Gasteiger partial charge in [0.1, 0.15) is 23.0 Å². The average Bonchev–Trinajstić information content (AvgIpc) is 3.47. The fraction of sp³-hybridized carbons (Fsp3) is 0.207. The number of nitrogens with one attached hydrogen (secondary N) is 1. The lowest BCUT2D eigenvalue weighted by Crippen LogP contribution is -2.35. The molecule has 0 radical (unpaired) electrons. The van der Waals surface area contributed by atoms with Gasteiger partial charge in [0.2, 0.25) is 0 Å². The Hall–Kier alpha value is -4.57. The molecule has 0 atom stereocenters. The molecular formula is C29H27N5O2. The molecule has 180 valence electrons. The molecule has 7 heteroatoms. The Balaban J connectivity index is 1.37. The van der Waals surface area contributed by atoms with Crippen molar-refractivity contribution in [2.24, 2.45) is 0 Å². The fourth-order valence-electron chi connectivity index (χ4n) is 4.85. The lowest BCUT2D eigenvalue weighted by Gasteiger charge is -2.26. The molecule has 5 rings (SSSR count). The maximum absolute atomic E-state index is 13.3. The summed E-state index contributed by atoms with van der Waals surface area (Å²) in [6.07, 6.45) is 8.23. The highest BCUT2D eigenvalue weighted by atomic mass is 16.5. The number of amides is 1. The number of aromatic nitrogens is 3. The topological polar surface area (TPSA) is 86.9 Å². The van der Waals surface area contributed by atoms with Crippen LogP contribution in [0.25, 0.3) is 28.4 Å². The summed E-state index contributed by atoms with van der Waals surface area (Å²) in [5.74, 6) is 0.543. The molecule has 0 aliphatic carbocycles. The molecule has 0 spiro atoms. The molecule has 1 amide bonds. The molecule has 7 nitrogen and oxygen atoms in total. The highest BCUT2D eigenvalue weighted by Gasteiger charge is 2.23. The van der Waals surface area contributed by atoms with Crippen molar-refractivity contribution in [3.8, 4) is 17.5 Å². The molecule has 0 bridgehead atoms. The van der Waals surface area contributed by atoms with E-state index in [1.807, 2.05) is 62.5 Å².